The van der Waals surface area contributed by atoms with E-state index in [0.717, 1.165) is 18.5 Å². The lowest BCUT2D eigenvalue weighted by atomic mass is 10.0. The van der Waals surface area contributed by atoms with Crippen molar-refractivity contribution in [3.8, 4) is 0 Å². The van der Waals surface area contributed by atoms with Crippen molar-refractivity contribution in [3.05, 3.63) is 30.3 Å². The van der Waals surface area contributed by atoms with Gasteiger partial charge in [-0.15, -0.1) is 0 Å². The van der Waals surface area contributed by atoms with Crippen LogP contribution in [0.15, 0.2) is 35.3 Å². The number of guanidine groups is 1. The van der Waals surface area contributed by atoms with Gasteiger partial charge in [0.05, 0.1) is 0 Å². The van der Waals surface area contributed by atoms with Crippen LogP contribution < -0.4 is 11.1 Å². The van der Waals surface area contributed by atoms with Gasteiger partial charge in [-0.1, -0.05) is 31.5 Å². The van der Waals surface area contributed by atoms with Gasteiger partial charge in [0, 0.05) is 18.8 Å². The number of aliphatic imine (C=N–C) groups is 1. The van der Waals surface area contributed by atoms with Crippen LogP contribution in [0.1, 0.15) is 19.8 Å². The van der Waals surface area contributed by atoms with E-state index < -0.39 is 0 Å². The number of hydrogen-bond donors (Lipinski definition) is 3. The molecule has 0 fully saturated rings. The first-order chi connectivity index (χ1) is 8.26. The molecule has 0 aromatic heterocycles. The Balaban J connectivity index is 2.44. The van der Waals surface area contributed by atoms with Crippen LogP contribution in [-0.2, 0) is 0 Å². The molecule has 1 aromatic carbocycles. The molecule has 4 heteroatoms. The minimum Gasteiger partial charge on any atom is -0.396 e. The van der Waals surface area contributed by atoms with Crippen LogP contribution in [0.5, 0.6) is 0 Å². The Morgan fingerprint density at radius 1 is 1.41 bits per heavy atom. The molecule has 1 rings (SSSR count). The third kappa shape index (κ3) is 5.36. The number of aliphatic hydroxyl groups is 1. The first-order valence-electron chi connectivity index (χ1n) is 5.99. The monoisotopic (exact) mass is 235 g/mol. The Morgan fingerprint density at radius 2 is 2.12 bits per heavy atom. The van der Waals surface area contributed by atoms with Gasteiger partial charge in [0.1, 0.15) is 0 Å². The van der Waals surface area contributed by atoms with E-state index in [9.17, 15) is 0 Å². The van der Waals surface area contributed by atoms with Crippen molar-refractivity contribution < 1.29 is 5.11 Å². The quantitative estimate of drug-likeness (QED) is 0.520. The van der Waals surface area contributed by atoms with Crippen molar-refractivity contribution >= 4 is 11.6 Å². The summed E-state index contributed by atoms with van der Waals surface area (Å²) >= 11 is 0. The number of nitrogens with one attached hydrogen (secondary N) is 1. The van der Waals surface area contributed by atoms with Gasteiger partial charge >= 0.3 is 0 Å². The molecular weight excluding hydrogens is 214 g/mol. The minimum atomic E-state index is 0.208. The largest absolute Gasteiger partial charge is 0.396 e. The van der Waals surface area contributed by atoms with Crippen LogP contribution in [0.25, 0.3) is 0 Å². The smallest absolute Gasteiger partial charge is 0.193 e. The number of hydrogen-bond acceptors (Lipinski definition) is 2. The predicted molar refractivity (Wildman–Crippen MR) is 72.0 cm³/mol. The second-order valence-electron chi connectivity index (χ2n) is 4.00. The second-order valence-corrected chi connectivity index (χ2v) is 4.00. The molecule has 0 spiro atoms. The molecule has 0 radical (unpaired) electrons. The lowest BCUT2D eigenvalue weighted by Gasteiger charge is -2.11. The molecule has 0 saturated heterocycles. The topological polar surface area (TPSA) is 70.6 Å². The maximum absolute atomic E-state index is 8.87. The summed E-state index contributed by atoms with van der Waals surface area (Å²) in [5.74, 6) is 0.823. The maximum atomic E-state index is 8.87. The molecule has 0 amide bonds. The average molecular weight is 235 g/mol. The number of rotatable bonds is 6. The normalized spacial score (nSPS) is 13.4. The van der Waals surface area contributed by atoms with E-state index in [4.69, 9.17) is 10.8 Å². The zero-order valence-corrected chi connectivity index (χ0v) is 10.3. The average Bonchev–Trinajstić information content (AvgIpc) is 2.35. The van der Waals surface area contributed by atoms with E-state index >= 15 is 0 Å². The summed E-state index contributed by atoms with van der Waals surface area (Å²) in [6.07, 6.45) is 1.78. The fraction of sp³-hybridized carbons (Fsp3) is 0.462. The van der Waals surface area contributed by atoms with Crippen LogP contribution in [0, 0.1) is 5.92 Å². The molecule has 0 bridgehead atoms. The van der Waals surface area contributed by atoms with E-state index in [-0.39, 0.29) is 6.61 Å². The minimum absolute atomic E-state index is 0.208. The van der Waals surface area contributed by atoms with E-state index in [1.807, 2.05) is 30.3 Å². The van der Waals surface area contributed by atoms with Gasteiger partial charge in [-0.05, 0) is 24.5 Å². The lowest BCUT2D eigenvalue weighted by Crippen LogP contribution is -2.23. The number of nitrogens with two attached hydrogens (primary N) is 1. The third-order valence-corrected chi connectivity index (χ3v) is 2.68. The molecule has 4 nitrogen and oxygen atoms in total. The molecule has 0 saturated carbocycles. The molecule has 4 N–H and O–H groups in total. The van der Waals surface area contributed by atoms with Crippen molar-refractivity contribution in [2.24, 2.45) is 16.6 Å². The van der Waals surface area contributed by atoms with Gasteiger partial charge in [-0.25, -0.2) is 0 Å². The molecule has 0 aliphatic carbocycles. The van der Waals surface area contributed by atoms with Gasteiger partial charge < -0.3 is 16.2 Å². The van der Waals surface area contributed by atoms with E-state index in [0.29, 0.717) is 18.4 Å². The highest BCUT2D eigenvalue weighted by molar-refractivity contribution is 5.92. The Kier molecular flexibility index (Phi) is 6.10. The number of anilines is 1. The van der Waals surface area contributed by atoms with Gasteiger partial charge in [0.25, 0.3) is 0 Å². The Bertz CT molecular complexity index is 338. The number of nitrogens with zero attached hydrogens (tertiary/aromatic N) is 1. The van der Waals surface area contributed by atoms with Crippen molar-refractivity contribution in [1.82, 2.24) is 0 Å². The number of aliphatic hydroxyl groups excluding tert-OH is 1. The van der Waals surface area contributed by atoms with Crippen LogP contribution in [0.3, 0.4) is 0 Å². The standard InChI is InChI=1S/C13H21N3O/c1-2-11(8-9-17)10-15-13(14)16-12-6-4-3-5-7-12/h3-7,11,17H,2,8-10H2,1H3,(H3,14,15,16). The highest BCUT2D eigenvalue weighted by Gasteiger charge is 2.04. The van der Waals surface area contributed by atoms with Crippen molar-refractivity contribution in [3.63, 3.8) is 0 Å². The zero-order valence-electron chi connectivity index (χ0n) is 10.3. The van der Waals surface area contributed by atoms with E-state index in [1.54, 1.807) is 0 Å². The maximum Gasteiger partial charge on any atom is 0.193 e. The zero-order chi connectivity index (χ0) is 12.5. The highest BCUT2D eigenvalue weighted by atomic mass is 16.3. The predicted octanol–water partition coefficient (Wildman–Crippen LogP) is 1.82. The molecule has 94 valence electrons. The second kappa shape index (κ2) is 7.68. The molecule has 17 heavy (non-hydrogen) atoms. The first kappa shape index (κ1) is 13.5. The van der Waals surface area contributed by atoms with Crippen molar-refractivity contribution in [2.45, 2.75) is 19.8 Å². The van der Waals surface area contributed by atoms with E-state index in [2.05, 4.69) is 17.2 Å². The summed E-state index contributed by atoms with van der Waals surface area (Å²) in [6, 6.07) is 9.71. The summed E-state index contributed by atoms with van der Waals surface area (Å²) < 4.78 is 0. The van der Waals surface area contributed by atoms with Crippen molar-refractivity contribution in [2.75, 3.05) is 18.5 Å². The Morgan fingerprint density at radius 3 is 2.71 bits per heavy atom. The van der Waals surface area contributed by atoms with Crippen LogP contribution in [0.4, 0.5) is 5.69 Å². The molecule has 0 heterocycles. The fourth-order valence-corrected chi connectivity index (χ4v) is 1.54. The van der Waals surface area contributed by atoms with Gasteiger partial charge in [-0.3, -0.25) is 4.99 Å². The van der Waals surface area contributed by atoms with Crippen LogP contribution in [-0.4, -0.2) is 24.2 Å². The third-order valence-electron chi connectivity index (χ3n) is 2.68. The SMILES string of the molecule is CCC(CCO)CN=C(N)Nc1ccccc1. The Labute approximate surface area is 103 Å². The van der Waals surface area contributed by atoms with E-state index in [1.165, 1.54) is 0 Å². The first-order valence-corrected chi connectivity index (χ1v) is 5.99. The van der Waals surface area contributed by atoms with Crippen molar-refractivity contribution in [1.29, 1.82) is 0 Å². The molecule has 1 unspecified atom stereocenters. The molecule has 1 aromatic rings. The summed E-state index contributed by atoms with van der Waals surface area (Å²) in [4.78, 5) is 4.28. The summed E-state index contributed by atoms with van der Waals surface area (Å²) in [6.45, 7) is 2.96. The van der Waals surface area contributed by atoms with Gasteiger partial charge in [0.15, 0.2) is 5.96 Å². The fourth-order valence-electron chi connectivity index (χ4n) is 1.54. The molecule has 0 aliphatic rings. The number of benzene rings is 1. The Hall–Kier alpha value is -1.55. The summed E-state index contributed by atoms with van der Waals surface area (Å²) in [5.41, 5.74) is 6.72. The lowest BCUT2D eigenvalue weighted by molar-refractivity contribution is 0.256. The highest BCUT2D eigenvalue weighted by Crippen LogP contribution is 2.08. The molecule has 0 aliphatic heterocycles. The van der Waals surface area contributed by atoms with Crippen LogP contribution >= 0.6 is 0 Å². The molecule has 1 atom stereocenters. The van der Waals surface area contributed by atoms with Gasteiger partial charge in [-0.2, -0.15) is 0 Å². The van der Waals surface area contributed by atoms with Gasteiger partial charge in [0.2, 0.25) is 0 Å². The summed E-state index contributed by atoms with van der Waals surface area (Å²) in [7, 11) is 0. The van der Waals surface area contributed by atoms with Crippen LogP contribution in [0.2, 0.25) is 0 Å². The molecular formula is C13H21N3O. The summed E-state index contributed by atoms with van der Waals surface area (Å²) in [5, 5.41) is 11.9. The number of para-hydroxylation sites is 1.